The van der Waals surface area contributed by atoms with Crippen LogP contribution in [-0.2, 0) is 14.8 Å². The van der Waals surface area contributed by atoms with Gasteiger partial charge >= 0.3 is 0 Å². The summed E-state index contributed by atoms with van der Waals surface area (Å²) in [7, 11) is -0.348. The molecule has 0 aromatic carbocycles. The highest BCUT2D eigenvalue weighted by molar-refractivity contribution is 7.91. The van der Waals surface area contributed by atoms with Gasteiger partial charge in [0.2, 0.25) is 0 Å². The monoisotopic (exact) mass is 319 g/mol. The molecule has 1 aliphatic rings. The Morgan fingerprint density at radius 1 is 1.50 bits per heavy atom. The second kappa shape index (κ2) is 6.38. The summed E-state index contributed by atoms with van der Waals surface area (Å²) in [5, 5.41) is 3.89. The molecule has 20 heavy (non-hydrogen) atoms. The van der Waals surface area contributed by atoms with E-state index in [-0.39, 0.29) is 0 Å². The molecule has 0 bridgehead atoms. The number of sulfonamides is 1. The predicted octanol–water partition coefficient (Wildman–Crippen LogP) is 1.54. The molecule has 1 atom stereocenters. The van der Waals surface area contributed by atoms with Crippen molar-refractivity contribution >= 4 is 26.5 Å². The summed E-state index contributed by atoms with van der Waals surface area (Å²) in [6, 6.07) is 0. The van der Waals surface area contributed by atoms with Gasteiger partial charge in [-0.1, -0.05) is 11.3 Å². The maximum absolute atomic E-state index is 12.1. The van der Waals surface area contributed by atoms with Crippen LogP contribution in [0.25, 0.3) is 0 Å². The second-order valence-electron chi connectivity index (χ2n) is 5.14. The third kappa shape index (κ3) is 3.49. The quantitative estimate of drug-likeness (QED) is 0.891. The molecule has 0 saturated carbocycles. The summed E-state index contributed by atoms with van der Waals surface area (Å²) in [6.07, 6.45) is 2.23. The highest BCUT2D eigenvalue weighted by atomic mass is 32.2. The van der Waals surface area contributed by atoms with Crippen molar-refractivity contribution < 1.29 is 13.2 Å². The lowest BCUT2D eigenvalue weighted by Gasteiger charge is -2.21. The number of aromatic nitrogens is 1. The van der Waals surface area contributed by atoms with Crippen LogP contribution in [0.2, 0.25) is 0 Å². The molecule has 0 aliphatic carbocycles. The highest BCUT2D eigenvalue weighted by Gasteiger charge is 2.24. The van der Waals surface area contributed by atoms with Crippen molar-refractivity contribution in [2.75, 3.05) is 39.2 Å². The number of hydrogen-bond donors (Lipinski definition) is 1. The smallest absolute Gasteiger partial charge is 0.254 e. The van der Waals surface area contributed by atoms with Gasteiger partial charge < -0.3 is 10.1 Å². The van der Waals surface area contributed by atoms with E-state index in [2.05, 4.69) is 10.3 Å². The van der Waals surface area contributed by atoms with Gasteiger partial charge in [-0.05, 0) is 25.7 Å². The number of nitrogens with zero attached hydrogens (tertiary/aromatic N) is 2. The number of nitrogens with one attached hydrogen (secondary N) is 1. The molecule has 0 unspecified atom stereocenters. The van der Waals surface area contributed by atoms with Crippen molar-refractivity contribution in [1.82, 2.24) is 9.29 Å². The lowest BCUT2D eigenvalue weighted by atomic mass is 10.0. The fourth-order valence-electron chi connectivity index (χ4n) is 2.06. The zero-order valence-electron chi connectivity index (χ0n) is 12.0. The molecule has 1 aromatic heterocycles. The van der Waals surface area contributed by atoms with Crippen LogP contribution >= 0.6 is 11.3 Å². The standard InChI is InChI=1S/C12H21N3O3S2/c1-9-11(20(16,17)15(2)3)19-12(14-9)13-7-10-5-4-6-18-8-10/h10H,4-8H2,1-3H3,(H,13,14)/t10-/m1/s1. The third-order valence-corrected chi connectivity index (χ3v) is 6.78. The normalized spacial score (nSPS) is 20.3. The minimum atomic E-state index is -3.41. The molecule has 8 heteroatoms. The van der Waals surface area contributed by atoms with E-state index in [1.165, 1.54) is 29.7 Å². The van der Waals surface area contributed by atoms with Crippen LogP contribution in [0.15, 0.2) is 4.21 Å². The van der Waals surface area contributed by atoms with Crippen LogP contribution in [-0.4, -0.2) is 51.6 Å². The van der Waals surface area contributed by atoms with Crippen LogP contribution in [0.4, 0.5) is 5.13 Å². The Labute approximate surface area is 124 Å². The Hall–Kier alpha value is -0.700. The van der Waals surface area contributed by atoms with Gasteiger partial charge in [-0.15, -0.1) is 0 Å². The van der Waals surface area contributed by atoms with Crippen LogP contribution in [0, 0.1) is 12.8 Å². The van der Waals surface area contributed by atoms with E-state index in [0.717, 1.165) is 32.6 Å². The van der Waals surface area contributed by atoms with Crippen molar-refractivity contribution in [3.8, 4) is 0 Å². The van der Waals surface area contributed by atoms with Crippen molar-refractivity contribution in [2.24, 2.45) is 5.92 Å². The maximum atomic E-state index is 12.1. The van der Waals surface area contributed by atoms with E-state index in [9.17, 15) is 8.42 Å². The molecule has 0 amide bonds. The summed E-state index contributed by atoms with van der Waals surface area (Å²) >= 11 is 1.19. The summed E-state index contributed by atoms with van der Waals surface area (Å²) in [5.74, 6) is 0.474. The maximum Gasteiger partial charge on any atom is 0.254 e. The lowest BCUT2D eigenvalue weighted by Crippen LogP contribution is -2.24. The van der Waals surface area contributed by atoms with Crippen molar-refractivity contribution in [1.29, 1.82) is 0 Å². The number of anilines is 1. The van der Waals surface area contributed by atoms with Crippen LogP contribution in [0.5, 0.6) is 0 Å². The molecule has 0 spiro atoms. The van der Waals surface area contributed by atoms with E-state index in [0.29, 0.717) is 21.0 Å². The molecule has 1 aromatic rings. The average Bonchev–Trinajstić information content (AvgIpc) is 2.79. The third-order valence-electron chi connectivity index (χ3n) is 3.27. The van der Waals surface area contributed by atoms with Crippen LogP contribution in [0.1, 0.15) is 18.5 Å². The Morgan fingerprint density at radius 2 is 2.25 bits per heavy atom. The summed E-state index contributed by atoms with van der Waals surface area (Å²) in [6.45, 7) is 4.11. The van der Waals surface area contributed by atoms with Crippen molar-refractivity contribution in [2.45, 2.75) is 24.0 Å². The van der Waals surface area contributed by atoms with E-state index in [1.54, 1.807) is 6.92 Å². The van der Waals surface area contributed by atoms with Gasteiger partial charge in [-0.2, -0.15) is 0 Å². The first kappa shape index (κ1) is 15.7. The zero-order chi connectivity index (χ0) is 14.8. The first-order valence-electron chi connectivity index (χ1n) is 6.63. The summed E-state index contributed by atoms with van der Waals surface area (Å²) < 4.78 is 31.2. The van der Waals surface area contributed by atoms with Gasteiger partial charge in [0, 0.05) is 27.2 Å². The van der Waals surface area contributed by atoms with E-state index in [4.69, 9.17) is 4.74 Å². The Bertz CT molecular complexity index is 548. The van der Waals surface area contributed by atoms with E-state index in [1.807, 2.05) is 0 Å². The number of rotatable bonds is 5. The number of hydrogen-bond acceptors (Lipinski definition) is 6. The van der Waals surface area contributed by atoms with Crippen LogP contribution < -0.4 is 5.32 Å². The highest BCUT2D eigenvalue weighted by Crippen LogP contribution is 2.29. The molecule has 114 valence electrons. The fraction of sp³-hybridized carbons (Fsp3) is 0.750. The minimum Gasteiger partial charge on any atom is -0.381 e. The minimum absolute atomic E-state index is 0.310. The fourth-order valence-corrected chi connectivity index (χ4v) is 4.63. The van der Waals surface area contributed by atoms with Crippen molar-refractivity contribution in [3.05, 3.63) is 5.69 Å². The molecular formula is C12H21N3O3S2. The molecule has 2 rings (SSSR count). The molecular weight excluding hydrogens is 298 g/mol. The first-order chi connectivity index (χ1) is 9.41. The molecule has 2 heterocycles. The molecule has 1 saturated heterocycles. The van der Waals surface area contributed by atoms with E-state index < -0.39 is 10.0 Å². The summed E-state index contributed by atoms with van der Waals surface area (Å²) in [5.41, 5.74) is 0.547. The van der Waals surface area contributed by atoms with Gasteiger partial charge in [0.05, 0.1) is 12.3 Å². The number of ether oxygens (including phenoxy) is 1. The Balaban J connectivity index is 2.04. The van der Waals surface area contributed by atoms with Crippen LogP contribution in [0.3, 0.4) is 0 Å². The van der Waals surface area contributed by atoms with Gasteiger partial charge in [0.25, 0.3) is 10.0 Å². The van der Waals surface area contributed by atoms with Gasteiger partial charge in [0.15, 0.2) is 9.34 Å². The molecule has 1 N–H and O–H groups in total. The SMILES string of the molecule is Cc1nc(NC[C@H]2CCCOC2)sc1S(=O)(=O)N(C)C. The van der Waals surface area contributed by atoms with Gasteiger partial charge in [-0.3, -0.25) is 0 Å². The number of thiazole rings is 1. The molecule has 1 fully saturated rings. The zero-order valence-corrected chi connectivity index (χ0v) is 13.7. The lowest BCUT2D eigenvalue weighted by molar-refractivity contribution is 0.0595. The Morgan fingerprint density at radius 3 is 2.85 bits per heavy atom. The summed E-state index contributed by atoms with van der Waals surface area (Å²) in [4.78, 5) is 4.30. The van der Waals surface area contributed by atoms with E-state index >= 15 is 0 Å². The molecule has 1 aliphatic heterocycles. The topological polar surface area (TPSA) is 71.5 Å². The van der Waals surface area contributed by atoms with Crippen molar-refractivity contribution in [3.63, 3.8) is 0 Å². The predicted molar refractivity (Wildman–Crippen MR) is 79.8 cm³/mol. The largest absolute Gasteiger partial charge is 0.381 e. The first-order valence-corrected chi connectivity index (χ1v) is 8.88. The van der Waals surface area contributed by atoms with Gasteiger partial charge in [-0.25, -0.2) is 17.7 Å². The average molecular weight is 319 g/mol. The van der Waals surface area contributed by atoms with Gasteiger partial charge in [0.1, 0.15) is 0 Å². The Kier molecular flexibility index (Phi) is 5.00. The molecule has 0 radical (unpaired) electrons. The number of aryl methyl sites for hydroxylation is 1. The second-order valence-corrected chi connectivity index (χ2v) is 8.49. The molecule has 6 nitrogen and oxygen atoms in total.